The fourth-order valence-electron chi connectivity index (χ4n) is 3.80. The Morgan fingerprint density at radius 2 is 1.96 bits per heavy atom. The number of hydrogen-bond donors (Lipinski definition) is 0. The Morgan fingerprint density at radius 3 is 2.73 bits per heavy atom. The van der Waals surface area contributed by atoms with Crippen molar-refractivity contribution in [2.24, 2.45) is 10.9 Å². The van der Waals surface area contributed by atoms with E-state index < -0.39 is 5.54 Å². The van der Waals surface area contributed by atoms with Gasteiger partial charge in [-0.2, -0.15) is 0 Å². The van der Waals surface area contributed by atoms with Crippen LogP contribution in [0.15, 0.2) is 59.6 Å². The Labute approximate surface area is 156 Å². The standard InChI is InChI=1S/C21H20FNO2S/c1-14-17-12-26-20(11-19(24)15-7-3-2-4-8-15)23-21(17,13-25-14)16-9-5-6-10-18(16)22/h2-10,14,17H,11-13H2,1H3/t14-,17-,21-/m1/s1. The molecular formula is C21H20FNO2S. The van der Waals surface area contributed by atoms with E-state index in [0.29, 0.717) is 17.7 Å². The average Bonchev–Trinajstić information content (AvgIpc) is 3.00. The van der Waals surface area contributed by atoms with E-state index in [1.807, 2.05) is 43.3 Å². The first-order chi connectivity index (χ1) is 12.6. The van der Waals surface area contributed by atoms with Crippen molar-refractivity contribution in [3.63, 3.8) is 0 Å². The molecular weight excluding hydrogens is 349 g/mol. The highest BCUT2D eigenvalue weighted by molar-refractivity contribution is 8.14. The number of thioether (sulfide) groups is 1. The molecule has 0 spiro atoms. The van der Waals surface area contributed by atoms with Crippen LogP contribution in [0.1, 0.15) is 29.3 Å². The van der Waals surface area contributed by atoms with E-state index in [2.05, 4.69) is 0 Å². The van der Waals surface area contributed by atoms with Crippen LogP contribution in [0, 0.1) is 11.7 Å². The van der Waals surface area contributed by atoms with Crippen LogP contribution in [0.25, 0.3) is 0 Å². The normalized spacial score (nSPS) is 27.7. The molecule has 2 aliphatic rings. The summed E-state index contributed by atoms with van der Waals surface area (Å²) in [5, 5.41) is 0.760. The Morgan fingerprint density at radius 1 is 1.23 bits per heavy atom. The number of benzene rings is 2. The van der Waals surface area contributed by atoms with Crippen molar-refractivity contribution in [1.82, 2.24) is 0 Å². The van der Waals surface area contributed by atoms with Gasteiger partial charge in [-0.1, -0.05) is 48.5 Å². The number of carbonyl (C=O) groups excluding carboxylic acids is 1. The molecule has 0 unspecified atom stereocenters. The van der Waals surface area contributed by atoms with Crippen LogP contribution in [0.4, 0.5) is 4.39 Å². The Kier molecular flexibility index (Phi) is 4.67. The van der Waals surface area contributed by atoms with Gasteiger partial charge in [-0.25, -0.2) is 4.39 Å². The predicted molar refractivity (Wildman–Crippen MR) is 102 cm³/mol. The van der Waals surface area contributed by atoms with E-state index in [1.54, 1.807) is 23.9 Å². The molecule has 0 aromatic heterocycles. The smallest absolute Gasteiger partial charge is 0.169 e. The molecule has 5 heteroatoms. The number of aliphatic imine (C=N–C) groups is 1. The van der Waals surface area contributed by atoms with Crippen LogP contribution in [0.3, 0.4) is 0 Å². The molecule has 4 rings (SSSR count). The number of halogens is 1. The fraction of sp³-hybridized carbons (Fsp3) is 0.333. The summed E-state index contributed by atoms with van der Waals surface area (Å²) < 4.78 is 20.5. The first kappa shape index (κ1) is 17.4. The molecule has 0 amide bonds. The summed E-state index contributed by atoms with van der Waals surface area (Å²) in [5.74, 6) is 0.640. The van der Waals surface area contributed by atoms with E-state index >= 15 is 0 Å². The zero-order valence-electron chi connectivity index (χ0n) is 14.5. The maximum atomic E-state index is 14.6. The quantitative estimate of drug-likeness (QED) is 0.746. The highest BCUT2D eigenvalue weighted by atomic mass is 32.2. The predicted octanol–water partition coefficient (Wildman–Crippen LogP) is 4.47. The summed E-state index contributed by atoms with van der Waals surface area (Å²) in [6.07, 6.45) is 0.253. The molecule has 2 heterocycles. The maximum absolute atomic E-state index is 14.6. The van der Waals surface area contributed by atoms with Crippen molar-refractivity contribution in [1.29, 1.82) is 0 Å². The van der Waals surface area contributed by atoms with Gasteiger partial charge in [0, 0.05) is 22.8 Å². The van der Waals surface area contributed by atoms with E-state index in [-0.39, 0.29) is 30.0 Å². The molecule has 1 fully saturated rings. The molecule has 3 atom stereocenters. The highest BCUT2D eigenvalue weighted by Gasteiger charge is 2.52. The molecule has 0 aliphatic carbocycles. The van der Waals surface area contributed by atoms with Crippen molar-refractivity contribution in [2.45, 2.75) is 25.0 Å². The third kappa shape index (κ3) is 2.99. The lowest BCUT2D eigenvalue weighted by Crippen LogP contribution is -2.40. The third-order valence-electron chi connectivity index (χ3n) is 5.25. The Balaban J connectivity index is 1.70. The first-order valence-corrected chi connectivity index (χ1v) is 9.75. The lowest BCUT2D eigenvalue weighted by Gasteiger charge is -2.36. The van der Waals surface area contributed by atoms with E-state index in [1.165, 1.54) is 6.07 Å². The minimum Gasteiger partial charge on any atom is -0.375 e. The Hall–Kier alpha value is -1.98. The van der Waals surface area contributed by atoms with Crippen molar-refractivity contribution in [2.75, 3.05) is 12.4 Å². The molecule has 0 N–H and O–H groups in total. The van der Waals surface area contributed by atoms with Gasteiger partial charge in [0.25, 0.3) is 0 Å². The molecule has 0 saturated carbocycles. The van der Waals surface area contributed by atoms with Crippen LogP contribution in [-0.2, 0) is 10.3 Å². The van der Waals surface area contributed by atoms with Gasteiger partial charge in [-0.3, -0.25) is 9.79 Å². The molecule has 0 bridgehead atoms. The topological polar surface area (TPSA) is 38.7 Å². The zero-order valence-corrected chi connectivity index (χ0v) is 15.3. The average molecular weight is 369 g/mol. The molecule has 2 aliphatic heterocycles. The fourth-order valence-corrected chi connectivity index (χ4v) is 5.18. The number of ether oxygens (including phenoxy) is 1. The van der Waals surface area contributed by atoms with Gasteiger partial charge in [0.1, 0.15) is 11.4 Å². The van der Waals surface area contributed by atoms with E-state index in [4.69, 9.17) is 9.73 Å². The third-order valence-corrected chi connectivity index (χ3v) is 6.34. The summed E-state index contributed by atoms with van der Waals surface area (Å²) in [7, 11) is 0. The van der Waals surface area contributed by atoms with Crippen molar-refractivity contribution in [3.8, 4) is 0 Å². The van der Waals surface area contributed by atoms with Crippen LogP contribution < -0.4 is 0 Å². The minimum absolute atomic E-state index is 0.0113. The summed E-state index contributed by atoms with van der Waals surface area (Å²) >= 11 is 1.59. The van der Waals surface area contributed by atoms with Crippen LogP contribution in [0.2, 0.25) is 0 Å². The van der Waals surface area contributed by atoms with Gasteiger partial charge in [-0.05, 0) is 13.0 Å². The molecule has 26 heavy (non-hydrogen) atoms. The molecule has 134 valence electrons. The van der Waals surface area contributed by atoms with Crippen molar-refractivity contribution < 1.29 is 13.9 Å². The molecule has 3 nitrogen and oxygen atoms in total. The van der Waals surface area contributed by atoms with Crippen molar-refractivity contribution >= 4 is 22.6 Å². The summed E-state index contributed by atoms with van der Waals surface area (Å²) in [6.45, 7) is 2.37. The number of ketones is 1. The van der Waals surface area contributed by atoms with Gasteiger partial charge in [-0.15, -0.1) is 11.8 Å². The number of rotatable bonds is 4. The van der Waals surface area contributed by atoms with Gasteiger partial charge in [0.2, 0.25) is 0 Å². The van der Waals surface area contributed by atoms with Gasteiger partial charge in [0.15, 0.2) is 5.78 Å². The van der Waals surface area contributed by atoms with Gasteiger partial charge in [0.05, 0.1) is 24.2 Å². The van der Waals surface area contributed by atoms with E-state index in [0.717, 1.165) is 10.8 Å². The SMILES string of the molecule is C[C@H]1OC[C@]2(c3ccccc3F)N=C(CC(=O)c3ccccc3)SC[C@H]12. The molecule has 2 aromatic carbocycles. The van der Waals surface area contributed by atoms with E-state index in [9.17, 15) is 9.18 Å². The Bertz CT molecular complexity index is 854. The van der Waals surface area contributed by atoms with Crippen LogP contribution in [0.5, 0.6) is 0 Å². The second kappa shape index (κ2) is 6.97. The lowest BCUT2D eigenvalue weighted by molar-refractivity contribution is 0.100. The second-order valence-corrected chi connectivity index (χ2v) is 7.90. The monoisotopic (exact) mass is 369 g/mol. The molecule has 1 saturated heterocycles. The number of fused-ring (bicyclic) bond motifs is 1. The molecule has 0 radical (unpaired) electrons. The zero-order chi connectivity index (χ0) is 18.1. The van der Waals surface area contributed by atoms with Crippen LogP contribution in [-0.4, -0.2) is 29.3 Å². The summed E-state index contributed by atoms with van der Waals surface area (Å²) in [4.78, 5) is 17.5. The second-order valence-electron chi connectivity index (χ2n) is 6.81. The van der Waals surface area contributed by atoms with Crippen LogP contribution >= 0.6 is 11.8 Å². The minimum atomic E-state index is -0.734. The van der Waals surface area contributed by atoms with Gasteiger partial charge < -0.3 is 4.74 Å². The summed E-state index contributed by atoms with van der Waals surface area (Å²) in [5.41, 5.74) is 0.510. The van der Waals surface area contributed by atoms with Crippen molar-refractivity contribution in [3.05, 3.63) is 71.5 Å². The number of hydrogen-bond acceptors (Lipinski definition) is 4. The summed E-state index contributed by atoms with van der Waals surface area (Å²) in [6, 6.07) is 16.0. The number of carbonyl (C=O) groups is 1. The number of nitrogens with zero attached hydrogens (tertiary/aromatic N) is 1. The van der Waals surface area contributed by atoms with Gasteiger partial charge >= 0.3 is 0 Å². The lowest BCUT2D eigenvalue weighted by atomic mass is 9.79. The first-order valence-electron chi connectivity index (χ1n) is 8.76. The highest BCUT2D eigenvalue weighted by Crippen LogP contribution is 2.48. The maximum Gasteiger partial charge on any atom is 0.169 e. The molecule has 2 aromatic rings. The number of Topliss-reactive ketones (excluding diaryl/α,β-unsaturated/α-hetero) is 1. The largest absolute Gasteiger partial charge is 0.375 e.